The van der Waals surface area contributed by atoms with Gasteiger partial charge in [0, 0.05) is 15.6 Å². The Morgan fingerprint density at radius 1 is 0.964 bits per heavy atom. The van der Waals surface area contributed by atoms with Crippen LogP contribution in [0.3, 0.4) is 0 Å². The lowest BCUT2D eigenvalue weighted by atomic mass is 10.1. The van der Waals surface area contributed by atoms with Crippen molar-refractivity contribution in [3.8, 4) is 11.8 Å². The van der Waals surface area contributed by atoms with Crippen LogP contribution in [0.2, 0.25) is 10.0 Å². The molecule has 0 aliphatic heterocycles. The van der Waals surface area contributed by atoms with E-state index < -0.39 is 0 Å². The summed E-state index contributed by atoms with van der Waals surface area (Å²) in [6, 6.07) is 22.4. The number of benzene rings is 3. The molecule has 3 aromatic rings. The largest absolute Gasteiger partial charge is 0.488 e. The lowest BCUT2D eigenvalue weighted by molar-refractivity contribution is 0.306. The first-order chi connectivity index (χ1) is 13.6. The number of rotatable bonds is 7. The fourth-order valence-corrected chi connectivity index (χ4v) is 2.80. The van der Waals surface area contributed by atoms with Crippen LogP contribution in [-0.4, -0.2) is 6.21 Å². The van der Waals surface area contributed by atoms with Crippen LogP contribution in [-0.2, 0) is 13.2 Å². The first-order valence-corrected chi connectivity index (χ1v) is 9.31. The van der Waals surface area contributed by atoms with E-state index in [1.807, 2.05) is 36.4 Å². The van der Waals surface area contributed by atoms with Crippen molar-refractivity contribution >= 4 is 29.4 Å². The van der Waals surface area contributed by atoms with Crippen molar-refractivity contribution in [2.75, 3.05) is 0 Å². The maximum atomic E-state index is 9.00. The molecule has 0 atom stereocenters. The Kier molecular flexibility index (Phi) is 6.91. The van der Waals surface area contributed by atoms with Gasteiger partial charge in [-0.1, -0.05) is 47.5 Å². The van der Waals surface area contributed by atoms with Crippen LogP contribution >= 0.6 is 23.2 Å². The van der Waals surface area contributed by atoms with Gasteiger partial charge in [0.25, 0.3) is 0 Å². The van der Waals surface area contributed by atoms with E-state index in [-0.39, 0.29) is 0 Å². The van der Waals surface area contributed by atoms with E-state index >= 15 is 0 Å². The highest BCUT2D eigenvalue weighted by molar-refractivity contribution is 6.31. The van der Waals surface area contributed by atoms with Gasteiger partial charge in [-0.15, -0.1) is 0 Å². The molecule has 0 heterocycles. The monoisotopic (exact) mass is 409 g/mol. The van der Waals surface area contributed by atoms with Gasteiger partial charge >= 0.3 is 0 Å². The lowest BCUT2D eigenvalue weighted by Crippen LogP contribution is -2.06. The fourth-order valence-electron chi connectivity index (χ4n) is 2.50. The summed E-state index contributed by atoms with van der Waals surface area (Å²) in [5, 5.41) is 14.6. The molecule has 3 aromatic carbocycles. The summed E-state index contributed by atoms with van der Waals surface area (Å²) in [6.45, 7) is 0.918. The number of halogens is 2. The van der Waals surface area contributed by atoms with Gasteiger partial charge in [0.05, 0.1) is 24.4 Å². The van der Waals surface area contributed by atoms with Crippen molar-refractivity contribution in [2.24, 2.45) is 5.10 Å². The van der Waals surface area contributed by atoms with Gasteiger partial charge in [0.1, 0.15) is 12.4 Å². The number of hydrazone groups is 1. The Hall–Kier alpha value is -3.00. The van der Waals surface area contributed by atoms with Crippen molar-refractivity contribution in [3.05, 3.63) is 99.0 Å². The van der Waals surface area contributed by atoms with Crippen molar-refractivity contribution < 1.29 is 4.74 Å². The quantitative estimate of drug-likeness (QED) is 0.409. The molecular weight excluding hydrogens is 393 g/mol. The number of hydrogen-bond donors (Lipinski definition) is 1. The number of ether oxygens (including phenoxy) is 1. The molecule has 28 heavy (non-hydrogen) atoms. The molecule has 0 aliphatic carbocycles. The van der Waals surface area contributed by atoms with Crippen molar-refractivity contribution in [3.63, 3.8) is 0 Å². The average molecular weight is 410 g/mol. The van der Waals surface area contributed by atoms with Crippen LogP contribution < -0.4 is 10.2 Å². The molecule has 0 fully saturated rings. The molecule has 4 nitrogen and oxygen atoms in total. The molecular formula is C22H17Cl2N3O. The van der Waals surface area contributed by atoms with E-state index in [1.54, 1.807) is 36.5 Å². The van der Waals surface area contributed by atoms with Crippen LogP contribution in [0.25, 0.3) is 0 Å². The zero-order valence-corrected chi connectivity index (χ0v) is 16.4. The average Bonchev–Trinajstić information content (AvgIpc) is 2.72. The normalized spacial score (nSPS) is 10.6. The van der Waals surface area contributed by atoms with Crippen LogP contribution in [0.15, 0.2) is 71.8 Å². The zero-order valence-electron chi connectivity index (χ0n) is 14.9. The van der Waals surface area contributed by atoms with E-state index in [0.29, 0.717) is 34.5 Å². The number of nitrogens with zero attached hydrogens (tertiary/aromatic N) is 2. The van der Waals surface area contributed by atoms with Crippen LogP contribution in [0.1, 0.15) is 22.3 Å². The molecule has 0 saturated carbocycles. The molecule has 0 amide bonds. The molecule has 3 rings (SSSR count). The smallest absolute Gasteiger partial charge is 0.128 e. The summed E-state index contributed by atoms with van der Waals surface area (Å²) in [5.41, 5.74) is 6.34. The predicted octanol–water partition coefficient (Wildman–Crippen LogP) is 5.57. The third kappa shape index (κ3) is 5.75. The third-order valence-electron chi connectivity index (χ3n) is 3.91. The number of nitrogens with one attached hydrogen (secondary N) is 1. The Bertz CT molecular complexity index is 1010. The summed E-state index contributed by atoms with van der Waals surface area (Å²) < 4.78 is 5.90. The van der Waals surface area contributed by atoms with Gasteiger partial charge in [0.15, 0.2) is 0 Å². The van der Waals surface area contributed by atoms with E-state index in [2.05, 4.69) is 16.6 Å². The summed E-state index contributed by atoms with van der Waals surface area (Å²) in [7, 11) is 0. The van der Waals surface area contributed by atoms with Gasteiger partial charge in [-0.05, 0) is 53.6 Å². The molecule has 140 valence electrons. The van der Waals surface area contributed by atoms with Crippen LogP contribution in [0, 0.1) is 11.3 Å². The van der Waals surface area contributed by atoms with Gasteiger partial charge in [-0.2, -0.15) is 10.4 Å². The minimum Gasteiger partial charge on any atom is -0.488 e. The number of hydrogen-bond acceptors (Lipinski definition) is 4. The summed E-state index contributed by atoms with van der Waals surface area (Å²) in [6.07, 6.45) is 1.67. The first kappa shape index (κ1) is 19.8. The van der Waals surface area contributed by atoms with Crippen LogP contribution in [0.5, 0.6) is 5.75 Å². The highest BCUT2D eigenvalue weighted by Crippen LogP contribution is 2.22. The molecule has 0 unspecified atom stereocenters. The van der Waals surface area contributed by atoms with E-state index in [4.69, 9.17) is 33.2 Å². The molecule has 0 aliphatic rings. The van der Waals surface area contributed by atoms with Crippen molar-refractivity contribution in [1.29, 1.82) is 5.26 Å². The SMILES string of the molecule is N#Cc1cccc(COc2ccc(Cl)cc2/C=N\NCc2ccc(Cl)cc2)c1. The minimum atomic E-state index is 0.343. The van der Waals surface area contributed by atoms with E-state index in [1.165, 1.54) is 0 Å². The minimum absolute atomic E-state index is 0.343. The summed E-state index contributed by atoms with van der Waals surface area (Å²) in [4.78, 5) is 0. The van der Waals surface area contributed by atoms with Gasteiger partial charge in [-0.3, -0.25) is 0 Å². The van der Waals surface area contributed by atoms with E-state index in [0.717, 1.165) is 16.7 Å². The van der Waals surface area contributed by atoms with Crippen LogP contribution in [0.4, 0.5) is 0 Å². The van der Waals surface area contributed by atoms with Crippen molar-refractivity contribution in [1.82, 2.24) is 5.43 Å². The third-order valence-corrected chi connectivity index (χ3v) is 4.40. The van der Waals surface area contributed by atoms with Gasteiger partial charge < -0.3 is 10.2 Å². The zero-order chi connectivity index (χ0) is 19.8. The molecule has 1 N–H and O–H groups in total. The Labute approximate surface area is 174 Å². The standard InChI is InChI=1S/C22H17Cl2N3O/c23-20-6-4-16(5-7-20)13-26-27-14-19-11-21(24)8-9-22(19)28-15-18-3-1-2-17(10-18)12-25/h1-11,14,26H,13,15H2/b27-14-. The van der Waals surface area contributed by atoms with E-state index in [9.17, 15) is 0 Å². The van der Waals surface area contributed by atoms with Gasteiger partial charge in [-0.25, -0.2) is 0 Å². The fraction of sp³-hybridized carbons (Fsp3) is 0.0909. The predicted molar refractivity (Wildman–Crippen MR) is 113 cm³/mol. The molecule has 0 saturated heterocycles. The first-order valence-electron chi connectivity index (χ1n) is 8.56. The summed E-state index contributed by atoms with van der Waals surface area (Å²) >= 11 is 12.0. The molecule has 0 bridgehead atoms. The number of nitriles is 1. The van der Waals surface area contributed by atoms with Crippen molar-refractivity contribution in [2.45, 2.75) is 13.2 Å². The second kappa shape index (κ2) is 9.80. The maximum Gasteiger partial charge on any atom is 0.128 e. The second-order valence-corrected chi connectivity index (χ2v) is 6.88. The highest BCUT2D eigenvalue weighted by Gasteiger charge is 2.04. The molecule has 0 spiro atoms. The Balaban J connectivity index is 1.64. The highest BCUT2D eigenvalue weighted by atomic mass is 35.5. The van der Waals surface area contributed by atoms with Gasteiger partial charge in [0.2, 0.25) is 0 Å². The lowest BCUT2D eigenvalue weighted by Gasteiger charge is -2.10. The summed E-state index contributed by atoms with van der Waals surface area (Å²) in [5.74, 6) is 0.656. The molecule has 0 aromatic heterocycles. The Morgan fingerprint density at radius 3 is 2.54 bits per heavy atom. The topological polar surface area (TPSA) is 57.4 Å². The Morgan fingerprint density at radius 2 is 1.75 bits per heavy atom. The second-order valence-electron chi connectivity index (χ2n) is 6.00. The maximum absolute atomic E-state index is 9.00. The molecule has 0 radical (unpaired) electrons. The molecule has 6 heteroatoms.